The van der Waals surface area contributed by atoms with E-state index in [1.807, 2.05) is 31.2 Å². The van der Waals surface area contributed by atoms with Crippen molar-refractivity contribution in [1.82, 2.24) is 20.1 Å². The number of hydrogen-bond donors (Lipinski definition) is 0. The van der Waals surface area contributed by atoms with Crippen LogP contribution in [-0.2, 0) is 8.37 Å². The molecule has 0 saturated carbocycles. The molecular weight excluding hydrogens is 454 g/mol. The zero-order valence-electron chi connectivity index (χ0n) is 19.6. The molecule has 0 radical (unpaired) electrons. The SMILES string of the molecule is Cc1c(Oc2ccccc2C2COSOC2)ncnc1N1CCC(c2nc(C(C)C)no2)CC1. The number of rotatable bonds is 6. The van der Waals surface area contributed by atoms with Gasteiger partial charge in [-0.25, -0.2) is 9.97 Å². The molecule has 180 valence electrons. The second-order valence-electron chi connectivity index (χ2n) is 9.01. The minimum Gasteiger partial charge on any atom is -0.438 e. The largest absolute Gasteiger partial charge is 0.438 e. The molecular formula is C24H29N5O4S. The highest BCUT2D eigenvalue weighted by molar-refractivity contribution is 7.89. The van der Waals surface area contributed by atoms with Crippen LogP contribution >= 0.6 is 12.3 Å². The van der Waals surface area contributed by atoms with Gasteiger partial charge in [-0.1, -0.05) is 37.2 Å². The van der Waals surface area contributed by atoms with E-state index >= 15 is 0 Å². The molecule has 2 aliphatic heterocycles. The van der Waals surface area contributed by atoms with Crippen LogP contribution in [0.3, 0.4) is 0 Å². The fourth-order valence-corrected chi connectivity index (χ4v) is 4.84. The van der Waals surface area contributed by atoms with Gasteiger partial charge in [0.05, 0.1) is 18.8 Å². The lowest BCUT2D eigenvalue weighted by Crippen LogP contribution is -2.34. The second kappa shape index (κ2) is 10.3. The van der Waals surface area contributed by atoms with Crippen molar-refractivity contribution in [2.45, 2.75) is 51.4 Å². The van der Waals surface area contributed by atoms with Crippen molar-refractivity contribution in [3.05, 3.63) is 53.4 Å². The lowest BCUT2D eigenvalue weighted by atomic mass is 9.96. The van der Waals surface area contributed by atoms with E-state index in [0.29, 0.717) is 19.1 Å². The van der Waals surface area contributed by atoms with Crippen LogP contribution in [0.4, 0.5) is 5.82 Å². The van der Waals surface area contributed by atoms with Crippen molar-refractivity contribution in [2.24, 2.45) is 0 Å². The summed E-state index contributed by atoms with van der Waals surface area (Å²) in [6.45, 7) is 9.01. The fourth-order valence-electron chi connectivity index (χ4n) is 4.33. The Morgan fingerprint density at radius 1 is 1.06 bits per heavy atom. The first-order valence-corrected chi connectivity index (χ1v) is 12.3. The standard InChI is InChI=1S/C24H29N5O4S/c1-15(2)21-27-24(33-28-21)17-8-10-29(11-9-17)22-16(3)23(26-14-25-22)32-20-7-5-4-6-19(20)18-12-30-34-31-13-18/h4-7,14-15,17-18H,8-13H2,1-3H3. The summed E-state index contributed by atoms with van der Waals surface area (Å²) in [5.41, 5.74) is 1.96. The van der Waals surface area contributed by atoms with Crippen LogP contribution < -0.4 is 9.64 Å². The molecule has 2 aromatic heterocycles. The first kappa shape index (κ1) is 23.1. The molecule has 0 atom stereocenters. The molecule has 1 aromatic carbocycles. The molecule has 0 N–H and O–H groups in total. The monoisotopic (exact) mass is 483 g/mol. The lowest BCUT2D eigenvalue weighted by Gasteiger charge is -2.32. The average molecular weight is 484 g/mol. The Hall–Kier alpha value is -2.69. The predicted octanol–water partition coefficient (Wildman–Crippen LogP) is 5.16. The van der Waals surface area contributed by atoms with Crippen LogP contribution in [0.2, 0.25) is 0 Å². The number of ether oxygens (including phenoxy) is 1. The fraction of sp³-hybridized carbons (Fsp3) is 0.500. The third-order valence-corrected chi connectivity index (χ3v) is 6.79. The summed E-state index contributed by atoms with van der Waals surface area (Å²) in [5, 5.41) is 4.12. The summed E-state index contributed by atoms with van der Waals surface area (Å²) < 4.78 is 22.7. The summed E-state index contributed by atoms with van der Waals surface area (Å²) >= 11 is 1.04. The van der Waals surface area contributed by atoms with Crippen molar-refractivity contribution in [3.8, 4) is 11.6 Å². The van der Waals surface area contributed by atoms with Crippen molar-refractivity contribution in [1.29, 1.82) is 0 Å². The number of nitrogens with zero attached hydrogens (tertiary/aromatic N) is 5. The minimum atomic E-state index is 0.110. The highest BCUT2D eigenvalue weighted by Crippen LogP contribution is 2.37. The van der Waals surface area contributed by atoms with Gasteiger partial charge in [0.25, 0.3) is 0 Å². The van der Waals surface area contributed by atoms with E-state index < -0.39 is 0 Å². The van der Waals surface area contributed by atoms with Crippen molar-refractivity contribution in [3.63, 3.8) is 0 Å². The molecule has 2 aliphatic rings. The normalized spacial score (nSPS) is 17.9. The van der Waals surface area contributed by atoms with E-state index in [1.165, 1.54) is 0 Å². The van der Waals surface area contributed by atoms with Crippen molar-refractivity contribution >= 4 is 18.1 Å². The summed E-state index contributed by atoms with van der Waals surface area (Å²) in [6, 6.07) is 7.97. The van der Waals surface area contributed by atoms with Crippen LogP contribution in [0, 0.1) is 6.92 Å². The van der Waals surface area contributed by atoms with Crippen LogP contribution in [0.15, 0.2) is 35.1 Å². The van der Waals surface area contributed by atoms with E-state index in [4.69, 9.17) is 17.6 Å². The molecule has 9 nitrogen and oxygen atoms in total. The van der Waals surface area contributed by atoms with E-state index in [1.54, 1.807) is 6.33 Å². The zero-order chi connectivity index (χ0) is 23.5. The summed E-state index contributed by atoms with van der Waals surface area (Å²) in [7, 11) is 0. The highest BCUT2D eigenvalue weighted by atomic mass is 32.2. The quantitative estimate of drug-likeness (QED) is 0.437. The van der Waals surface area contributed by atoms with Gasteiger partial charge in [0.15, 0.2) is 18.1 Å². The van der Waals surface area contributed by atoms with E-state index in [0.717, 1.165) is 72.7 Å². The van der Waals surface area contributed by atoms with Crippen LogP contribution in [0.1, 0.15) is 67.3 Å². The molecule has 4 heterocycles. The van der Waals surface area contributed by atoms with Gasteiger partial charge in [-0.05, 0) is 25.8 Å². The van der Waals surface area contributed by atoms with Gasteiger partial charge in [0, 0.05) is 36.4 Å². The Bertz CT molecular complexity index is 1110. The maximum Gasteiger partial charge on any atom is 0.229 e. The summed E-state index contributed by atoms with van der Waals surface area (Å²) in [5.74, 6) is 4.39. The van der Waals surface area contributed by atoms with E-state index in [2.05, 4.69) is 38.9 Å². The number of hydrogen-bond acceptors (Lipinski definition) is 10. The number of piperidine rings is 1. The predicted molar refractivity (Wildman–Crippen MR) is 128 cm³/mol. The topological polar surface area (TPSA) is 95.6 Å². The Kier molecular flexibility index (Phi) is 6.98. The maximum absolute atomic E-state index is 6.31. The number of anilines is 1. The molecule has 2 fully saturated rings. The smallest absolute Gasteiger partial charge is 0.229 e. The van der Waals surface area contributed by atoms with Gasteiger partial charge in [-0.2, -0.15) is 4.98 Å². The summed E-state index contributed by atoms with van der Waals surface area (Å²) in [4.78, 5) is 15.9. The third kappa shape index (κ3) is 4.89. The Balaban J connectivity index is 1.29. The molecule has 10 heteroatoms. The Morgan fingerprint density at radius 3 is 2.56 bits per heavy atom. The van der Waals surface area contributed by atoms with Gasteiger partial charge < -0.3 is 14.2 Å². The molecule has 34 heavy (non-hydrogen) atoms. The van der Waals surface area contributed by atoms with Gasteiger partial charge in [-0.15, -0.1) is 0 Å². The first-order valence-electron chi connectivity index (χ1n) is 11.7. The van der Waals surface area contributed by atoms with Crippen LogP contribution in [-0.4, -0.2) is 46.4 Å². The van der Waals surface area contributed by atoms with E-state index in [9.17, 15) is 0 Å². The summed E-state index contributed by atoms with van der Waals surface area (Å²) in [6.07, 6.45) is 3.44. The molecule has 0 unspecified atom stereocenters. The Morgan fingerprint density at radius 2 is 1.82 bits per heavy atom. The van der Waals surface area contributed by atoms with Crippen LogP contribution in [0.25, 0.3) is 0 Å². The molecule has 0 amide bonds. The molecule has 0 spiro atoms. The average Bonchev–Trinajstić information content (AvgIpc) is 3.37. The molecule has 0 bridgehead atoms. The van der Waals surface area contributed by atoms with Crippen molar-refractivity contribution in [2.75, 3.05) is 31.2 Å². The molecule has 0 aliphatic carbocycles. The molecule has 5 rings (SSSR count). The molecule has 2 saturated heterocycles. The van der Waals surface area contributed by atoms with Gasteiger partial charge in [0.2, 0.25) is 11.8 Å². The van der Waals surface area contributed by atoms with Gasteiger partial charge in [0.1, 0.15) is 17.9 Å². The lowest BCUT2D eigenvalue weighted by molar-refractivity contribution is 0.185. The minimum absolute atomic E-state index is 0.110. The highest BCUT2D eigenvalue weighted by Gasteiger charge is 2.28. The Labute approximate surface area is 203 Å². The zero-order valence-corrected chi connectivity index (χ0v) is 20.5. The first-order chi connectivity index (χ1) is 16.6. The van der Waals surface area contributed by atoms with Crippen LogP contribution in [0.5, 0.6) is 11.6 Å². The number of benzene rings is 1. The molecule has 3 aromatic rings. The van der Waals surface area contributed by atoms with Gasteiger partial charge >= 0.3 is 0 Å². The maximum atomic E-state index is 6.31. The third-order valence-electron chi connectivity index (χ3n) is 6.33. The van der Waals surface area contributed by atoms with Crippen molar-refractivity contribution < 1.29 is 17.6 Å². The number of para-hydroxylation sites is 1. The van der Waals surface area contributed by atoms with Gasteiger partial charge in [-0.3, -0.25) is 8.37 Å². The number of aromatic nitrogens is 4. The van der Waals surface area contributed by atoms with E-state index in [-0.39, 0.29) is 17.8 Å². The second-order valence-corrected chi connectivity index (χ2v) is 9.62.